The molecule has 1 aromatic rings. The largest absolute Gasteiger partial charge is 0.394 e. The van der Waals surface area contributed by atoms with E-state index < -0.39 is 0 Å². The standard InChI is InChI=1S/C18H33N5O2/c1-19-7-2-9-23-18-6-4-15-14(3-5-17(18)21-22-23)16(15)13-20-8-11-25-12-10-24/h14-16,19-20,24H,2-13H2,1H3. The first-order valence-corrected chi connectivity index (χ1v) is 9.80. The summed E-state index contributed by atoms with van der Waals surface area (Å²) in [5, 5.41) is 24.3. The Morgan fingerprint density at radius 1 is 1.20 bits per heavy atom. The number of aryl methyl sites for hydroxylation is 2. The van der Waals surface area contributed by atoms with E-state index in [2.05, 4.69) is 25.6 Å². The fourth-order valence-electron chi connectivity index (χ4n) is 4.29. The van der Waals surface area contributed by atoms with Crippen molar-refractivity contribution >= 4 is 0 Å². The Kier molecular flexibility index (Phi) is 7.22. The number of nitrogens with one attached hydrogen (secondary N) is 2. The molecule has 1 aromatic heterocycles. The summed E-state index contributed by atoms with van der Waals surface area (Å²) in [5.41, 5.74) is 2.62. The smallest absolute Gasteiger partial charge is 0.0859 e. The van der Waals surface area contributed by atoms with Crippen LogP contribution in [0.5, 0.6) is 0 Å². The highest BCUT2D eigenvalue weighted by Crippen LogP contribution is 2.52. The maximum absolute atomic E-state index is 8.69. The molecule has 0 aliphatic heterocycles. The molecule has 25 heavy (non-hydrogen) atoms. The zero-order valence-electron chi connectivity index (χ0n) is 15.4. The second-order valence-corrected chi connectivity index (χ2v) is 7.27. The van der Waals surface area contributed by atoms with Crippen molar-refractivity contribution in [2.24, 2.45) is 17.8 Å². The summed E-state index contributed by atoms with van der Waals surface area (Å²) in [5.74, 6) is 2.53. The summed E-state index contributed by atoms with van der Waals surface area (Å²) < 4.78 is 7.43. The SMILES string of the molecule is CNCCCn1nnc2c1CCC1C(CC2)C1CNCCOCCO. The summed E-state index contributed by atoms with van der Waals surface area (Å²) in [4.78, 5) is 0. The van der Waals surface area contributed by atoms with Crippen LogP contribution in [-0.4, -0.2) is 66.6 Å². The van der Waals surface area contributed by atoms with Gasteiger partial charge in [0.2, 0.25) is 0 Å². The molecular formula is C18H33N5O2. The molecule has 0 aromatic carbocycles. The van der Waals surface area contributed by atoms with E-state index in [1.54, 1.807) is 0 Å². The molecule has 0 spiro atoms. The summed E-state index contributed by atoms with van der Waals surface area (Å²) in [6, 6.07) is 0. The van der Waals surface area contributed by atoms with E-state index in [0.717, 1.165) is 63.2 Å². The average Bonchev–Trinajstić information content (AvgIpc) is 3.11. The van der Waals surface area contributed by atoms with Gasteiger partial charge >= 0.3 is 0 Å². The molecule has 0 amide bonds. The third-order valence-electron chi connectivity index (χ3n) is 5.69. The molecule has 3 atom stereocenters. The number of ether oxygens (including phenoxy) is 1. The van der Waals surface area contributed by atoms with Crippen molar-refractivity contribution in [3.8, 4) is 0 Å². The summed E-state index contributed by atoms with van der Waals surface area (Å²) in [6.07, 6.45) is 5.83. The highest BCUT2D eigenvalue weighted by atomic mass is 16.5. The summed E-state index contributed by atoms with van der Waals surface area (Å²) >= 11 is 0. The number of aliphatic hydroxyl groups is 1. The van der Waals surface area contributed by atoms with Crippen molar-refractivity contribution in [3.63, 3.8) is 0 Å². The first kappa shape index (κ1) is 18.8. The van der Waals surface area contributed by atoms with Gasteiger partial charge in [0, 0.05) is 13.1 Å². The Morgan fingerprint density at radius 2 is 2.04 bits per heavy atom. The van der Waals surface area contributed by atoms with E-state index in [0.29, 0.717) is 13.2 Å². The third kappa shape index (κ3) is 5.00. The Labute approximate surface area is 150 Å². The second-order valence-electron chi connectivity index (χ2n) is 7.27. The van der Waals surface area contributed by atoms with Gasteiger partial charge in [0.15, 0.2) is 0 Å². The number of fused-ring (bicyclic) bond motifs is 2. The fourth-order valence-corrected chi connectivity index (χ4v) is 4.29. The minimum Gasteiger partial charge on any atom is -0.394 e. The van der Waals surface area contributed by atoms with E-state index in [-0.39, 0.29) is 6.61 Å². The average molecular weight is 351 g/mol. The van der Waals surface area contributed by atoms with E-state index in [9.17, 15) is 0 Å². The van der Waals surface area contributed by atoms with Crippen LogP contribution in [-0.2, 0) is 24.1 Å². The minimum atomic E-state index is 0.105. The molecule has 1 heterocycles. The second kappa shape index (κ2) is 9.62. The van der Waals surface area contributed by atoms with Gasteiger partial charge in [0.25, 0.3) is 0 Å². The maximum Gasteiger partial charge on any atom is 0.0859 e. The lowest BCUT2D eigenvalue weighted by Crippen LogP contribution is -2.23. The predicted octanol–water partition coefficient (Wildman–Crippen LogP) is 0.227. The summed E-state index contributed by atoms with van der Waals surface area (Å²) in [7, 11) is 1.99. The van der Waals surface area contributed by atoms with Crippen molar-refractivity contribution in [1.82, 2.24) is 25.6 Å². The van der Waals surface area contributed by atoms with Crippen molar-refractivity contribution in [2.45, 2.75) is 38.6 Å². The van der Waals surface area contributed by atoms with Crippen molar-refractivity contribution in [3.05, 3.63) is 11.4 Å². The van der Waals surface area contributed by atoms with Crippen LogP contribution < -0.4 is 10.6 Å². The predicted molar refractivity (Wildman–Crippen MR) is 96.5 cm³/mol. The number of hydrogen-bond donors (Lipinski definition) is 3. The highest BCUT2D eigenvalue weighted by molar-refractivity contribution is 5.15. The fraction of sp³-hybridized carbons (Fsp3) is 0.889. The van der Waals surface area contributed by atoms with Gasteiger partial charge in [0.1, 0.15) is 0 Å². The molecule has 7 heteroatoms. The van der Waals surface area contributed by atoms with E-state index in [4.69, 9.17) is 9.84 Å². The van der Waals surface area contributed by atoms with Gasteiger partial charge in [-0.05, 0) is 70.0 Å². The van der Waals surface area contributed by atoms with Crippen molar-refractivity contribution in [1.29, 1.82) is 0 Å². The third-order valence-corrected chi connectivity index (χ3v) is 5.69. The first-order chi connectivity index (χ1) is 12.3. The van der Waals surface area contributed by atoms with E-state index >= 15 is 0 Å². The zero-order chi connectivity index (χ0) is 17.5. The van der Waals surface area contributed by atoms with Crippen LogP contribution in [0.25, 0.3) is 0 Å². The number of rotatable bonds is 11. The van der Waals surface area contributed by atoms with Gasteiger partial charge < -0.3 is 20.5 Å². The lowest BCUT2D eigenvalue weighted by Gasteiger charge is -2.10. The molecule has 1 saturated carbocycles. The van der Waals surface area contributed by atoms with Crippen molar-refractivity contribution < 1.29 is 9.84 Å². The molecule has 0 radical (unpaired) electrons. The van der Waals surface area contributed by atoms with Gasteiger partial charge in [-0.3, -0.25) is 0 Å². The van der Waals surface area contributed by atoms with Crippen LogP contribution in [0.4, 0.5) is 0 Å². The monoisotopic (exact) mass is 351 g/mol. The van der Waals surface area contributed by atoms with Crippen LogP contribution in [0.2, 0.25) is 0 Å². The highest BCUT2D eigenvalue weighted by Gasteiger charge is 2.49. The van der Waals surface area contributed by atoms with E-state index in [1.807, 2.05) is 7.05 Å². The van der Waals surface area contributed by atoms with Crippen LogP contribution >= 0.6 is 0 Å². The number of aliphatic hydroxyl groups excluding tert-OH is 1. The molecule has 3 unspecified atom stereocenters. The lowest BCUT2D eigenvalue weighted by molar-refractivity contribution is 0.0938. The molecule has 7 nitrogen and oxygen atoms in total. The van der Waals surface area contributed by atoms with Gasteiger partial charge in [-0.15, -0.1) is 5.10 Å². The molecule has 1 fully saturated rings. The maximum atomic E-state index is 8.69. The van der Waals surface area contributed by atoms with Crippen LogP contribution in [0.3, 0.4) is 0 Å². The van der Waals surface area contributed by atoms with Crippen LogP contribution in [0.1, 0.15) is 30.7 Å². The van der Waals surface area contributed by atoms with Gasteiger partial charge in [-0.25, -0.2) is 4.68 Å². The van der Waals surface area contributed by atoms with Gasteiger partial charge in [-0.2, -0.15) is 0 Å². The Hall–Kier alpha value is -1.02. The molecule has 3 rings (SSSR count). The zero-order valence-corrected chi connectivity index (χ0v) is 15.4. The van der Waals surface area contributed by atoms with Crippen molar-refractivity contribution in [2.75, 3.05) is 46.5 Å². The minimum absolute atomic E-state index is 0.105. The lowest BCUT2D eigenvalue weighted by atomic mass is 10.0. The number of aromatic nitrogens is 3. The summed E-state index contributed by atoms with van der Waals surface area (Å²) in [6.45, 7) is 5.18. The normalized spacial score (nSPS) is 25.1. The Balaban J connectivity index is 1.42. The number of nitrogens with zero attached hydrogens (tertiary/aromatic N) is 3. The molecule has 2 aliphatic carbocycles. The van der Waals surface area contributed by atoms with Crippen LogP contribution in [0, 0.1) is 17.8 Å². The van der Waals surface area contributed by atoms with Gasteiger partial charge in [-0.1, -0.05) is 5.21 Å². The molecule has 0 saturated heterocycles. The Bertz CT molecular complexity index is 522. The van der Waals surface area contributed by atoms with Gasteiger partial charge in [0.05, 0.1) is 31.2 Å². The molecule has 2 aliphatic rings. The molecule has 3 N–H and O–H groups in total. The number of hydrogen-bond acceptors (Lipinski definition) is 6. The first-order valence-electron chi connectivity index (χ1n) is 9.80. The topological polar surface area (TPSA) is 84.2 Å². The quantitative estimate of drug-likeness (QED) is 0.495. The molecular weight excluding hydrogens is 318 g/mol. The van der Waals surface area contributed by atoms with Crippen LogP contribution in [0.15, 0.2) is 0 Å². The molecule has 142 valence electrons. The Morgan fingerprint density at radius 3 is 2.84 bits per heavy atom. The van der Waals surface area contributed by atoms with E-state index in [1.165, 1.54) is 24.2 Å². The molecule has 0 bridgehead atoms.